The number of nitrogens with zero attached hydrogens (tertiary/aromatic N) is 4. The summed E-state index contributed by atoms with van der Waals surface area (Å²) >= 11 is 5.86. The first-order chi connectivity index (χ1) is 17.4. The molecule has 5 rings (SSSR count). The van der Waals surface area contributed by atoms with E-state index in [1.165, 1.54) is 12.1 Å². The molecule has 1 aliphatic heterocycles. The van der Waals surface area contributed by atoms with E-state index in [2.05, 4.69) is 20.7 Å². The molecule has 0 aliphatic carbocycles. The van der Waals surface area contributed by atoms with Gasteiger partial charge in [0.25, 0.3) is 17.5 Å². The SMILES string of the molecule is COc1ccc([C@@H]2C=C(c3ccccc3)Nc3nc(NC(=O)c4ccc(Cl)c([N+](=O)[O-])c4)nn32)cc1. The number of ether oxygens (including phenoxy) is 1. The van der Waals surface area contributed by atoms with Crippen LogP contribution < -0.4 is 15.4 Å². The first-order valence-electron chi connectivity index (χ1n) is 10.8. The van der Waals surface area contributed by atoms with Crippen LogP contribution in [0.2, 0.25) is 5.02 Å². The number of hydrogen-bond donors (Lipinski definition) is 2. The molecule has 2 heterocycles. The maximum Gasteiger partial charge on any atom is 0.288 e. The predicted molar refractivity (Wildman–Crippen MR) is 135 cm³/mol. The van der Waals surface area contributed by atoms with Crippen molar-refractivity contribution in [1.29, 1.82) is 0 Å². The summed E-state index contributed by atoms with van der Waals surface area (Å²) in [6.45, 7) is 0. The molecule has 2 N–H and O–H groups in total. The average Bonchev–Trinajstić information content (AvgIpc) is 3.31. The molecular formula is C25H19ClN6O4. The van der Waals surface area contributed by atoms with E-state index >= 15 is 0 Å². The second kappa shape index (κ2) is 9.51. The number of allylic oxidation sites excluding steroid dienone is 1. The zero-order chi connectivity index (χ0) is 25.2. The number of carbonyl (C=O) groups is 1. The maximum atomic E-state index is 12.8. The molecule has 180 valence electrons. The third-order valence-corrected chi connectivity index (χ3v) is 5.96. The summed E-state index contributed by atoms with van der Waals surface area (Å²) in [7, 11) is 1.60. The fraction of sp³-hybridized carbons (Fsp3) is 0.0800. The first kappa shape index (κ1) is 23.1. The van der Waals surface area contributed by atoms with Crippen LogP contribution in [0.4, 0.5) is 17.6 Å². The third kappa shape index (κ3) is 4.49. The number of rotatable bonds is 6. The topological polar surface area (TPSA) is 124 Å². The largest absolute Gasteiger partial charge is 0.497 e. The summed E-state index contributed by atoms with van der Waals surface area (Å²) in [6.07, 6.45) is 2.02. The van der Waals surface area contributed by atoms with Gasteiger partial charge in [-0.25, -0.2) is 4.68 Å². The highest BCUT2D eigenvalue weighted by molar-refractivity contribution is 6.32. The van der Waals surface area contributed by atoms with Crippen molar-refractivity contribution in [2.24, 2.45) is 0 Å². The van der Waals surface area contributed by atoms with Gasteiger partial charge in [0.1, 0.15) is 16.8 Å². The molecule has 0 bridgehead atoms. The number of amides is 1. The molecule has 10 nitrogen and oxygen atoms in total. The Morgan fingerprint density at radius 1 is 1.14 bits per heavy atom. The van der Waals surface area contributed by atoms with E-state index in [9.17, 15) is 14.9 Å². The highest BCUT2D eigenvalue weighted by Gasteiger charge is 2.26. The molecule has 1 aliphatic rings. The Kier molecular flexibility index (Phi) is 6.09. The van der Waals surface area contributed by atoms with Gasteiger partial charge in [-0.15, -0.1) is 5.10 Å². The van der Waals surface area contributed by atoms with E-state index in [1.807, 2.05) is 60.7 Å². The van der Waals surface area contributed by atoms with Gasteiger partial charge in [0, 0.05) is 17.3 Å². The van der Waals surface area contributed by atoms with Crippen LogP contribution in [0.15, 0.2) is 78.9 Å². The number of hydrogen-bond acceptors (Lipinski definition) is 7. The zero-order valence-corrected chi connectivity index (χ0v) is 19.6. The lowest BCUT2D eigenvalue weighted by atomic mass is 10.0. The molecule has 0 spiro atoms. The van der Waals surface area contributed by atoms with Crippen molar-refractivity contribution in [1.82, 2.24) is 14.8 Å². The lowest BCUT2D eigenvalue weighted by molar-refractivity contribution is -0.384. The summed E-state index contributed by atoms with van der Waals surface area (Å²) in [5.41, 5.74) is 2.43. The highest BCUT2D eigenvalue weighted by atomic mass is 35.5. The second-order valence-corrected chi connectivity index (χ2v) is 8.28. The van der Waals surface area contributed by atoms with Crippen molar-refractivity contribution in [3.63, 3.8) is 0 Å². The summed E-state index contributed by atoms with van der Waals surface area (Å²) in [6, 6.07) is 20.9. The van der Waals surface area contributed by atoms with Crippen LogP contribution in [0.5, 0.6) is 5.75 Å². The van der Waals surface area contributed by atoms with Crippen molar-refractivity contribution in [2.45, 2.75) is 6.04 Å². The van der Waals surface area contributed by atoms with E-state index in [4.69, 9.17) is 16.3 Å². The maximum absolute atomic E-state index is 12.8. The lowest BCUT2D eigenvalue weighted by Gasteiger charge is -2.24. The van der Waals surface area contributed by atoms with Crippen LogP contribution in [-0.4, -0.2) is 32.7 Å². The number of carbonyl (C=O) groups excluding carboxylic acids is 1. The molecule has 0 fully saturated rings. The van der Waals surface area contributed by atoms with Gasteiger partial charge in [0.05, 0.1) is 12.0 Å². The van der Waals surface area contributed by atoms with Crippen molar-refractivity contribution >= 4 is 40.8 Å². The minimum atomic E-state index is -0.646. The van der Waals surface area contributed by atoms with Crippen molar-refractivity contribution in [2.75, 3.05) is 17.7 Å². The standard InChI is InChI=1S/C25H19ClN6O4/c1-36-18-10-7-16(8-11-18)21-14-20(15-5-3-2-4-6-15)27-25-29-24(30-31(21)25)28-23(33)17-9-12-19(26)22(13-17)32(34)35/h2-14,21H,1H3,(H2,27,28,29,30,33)/t21-/m0/s1. The monoisotopic (exact) mass is 502 g/mol. The van der Waals surface area contributed by atoms with Crippen molar-refractivity contribution in [3.8, 4) is 5.75 Å². The minimum absolute atomic E-state index is 0.0429. The summed E-state index contributed by atoms with van der Waals surface area (Å²) in [4.78, 5) is 27.8. The Labute approximate surface area is 210 Å². The molecule has 11 heteroatoms. The fourth-order valence-electron chi connectivity index (χ4n) is 3.84. The van der Waals surface area contributed by atoms with Crippen LogP contribution in [0.25, 0.3) is 5.70 Å². The molecule has 0 saturated carbocycles. The van der Waals surface area contributed by atoms with Crippen LogP contribution in [0.3, 0.4) is 0 Å². The number of aromatic nitrogens is 3. The molecule has 1 atom stereocenters. The number of nitro groups is 1. The quantitative estimate of drug-likeness (QED) is 0.276. The summed E-state index contributed by atoms with van der Waals surface area (Å²) in [5.74, 6) is 0.592. The summed E-state index contributed by atoms with van der Waals surface area (Å²) in [5, 5.41) is 21.5. The van der Waals surface area contributed by atoms with E-state index < -0.39 is 10.8 Å². The lowest BCUT2D eigenvalue weighted by Crippen LogP contribution is -2.20. The number of anilines is 2. The number of nitrogens with one attached hydrogen (secondary N) is 2. The second-order valence-electron chi connectivity index (χ2n) is 7.87. The smallest absolute Gasteiger partial charge is 0.288 e. The van der Waals surface area contributed by atoms with Gasteiger partial charge in [-0.2, -0.15) is 4.98 Å². The molecule has 0 radical (unpaired) electrons. The molecule has 4 aromatic rings. The van der Waals surface area contributed by atoms with Crippen LogP contribution in [-0.2, 0) is 0 Å². The Morgan fingerprint density at radius 3 is 2.58 bits per heavy atom. The highest BCUT2D eigenvalue weighted by Crippen LogP contribution is 2.34. The molecule has 1 amide bonds. The Hall–Kier alpha value is -4.70. The van der Waals surface area contributed by atoms with Crippen molar-refractivity contribution in [3.05, 3.63) is 111 Å². The van der Waals surface area contributed by atoms with Gasteiger partial charge >= 0.3 is 0 Å². The molecular weight excluding hydrogens is 484 g/mol. The third-order valence-electron chi connectivity index (χ3n) is 5.64. The van der Waals surface area contributed by atoms with Gasteiger partial charge < -0.3 is 10.1 Å². The fourth-order valence-corrected chi connectivity index (χ4v) is 4.02. The van der Waals surface area contributed by atoms with Gasteiger partial charge in [0.15, 0.2) is 0 Å². The number of methoxy groups -OCH3 is 1. The van der Waals surface area contributed by atoms with E-state index in [-0.39, 0.29) is 28.3 Å². The van der Waals surface area contributed by atoms with E-state index in [0.29, 0.717) is 5.95 Å². The molecule has 3 aromatic carbocycles. The van der Waals surface area contributed by atoms with Crippen LogP contribution >= 0.6 is 11.6 Å². The average molecular weight is 503 g/mol. The van der Waals surface area contributed by atoms with E-state index in [1.54, 1.807) is 11.8 Å². The van der Waals surface area contributed by atoms with Gasteiger partial charge in [-0.3, -0.25) is 20.2 Å². The van der Waals surface area contributed by atoms with Gasteiger partial charge in [-0.05, 0) is 41.5 Å². The molecule has 0 unspecified atom stereocenters. The number of halogens is 1. The zero-order valence-electron chi connectivity index (χ0n) is 18.9. The molecule has 36 heavy (non-hydrogen) atoms. The Bertz CT molecular complexity index is 1480. The number of benzene rings is 3. The normalized spacial score (nSPS) is 14.3. The van der Waals surface area contributed by atoms with E-state index in [0.717, 1.165) is 28.6 Å². The molecule has 0 saturated heterocycles. The van der Waals surface area contributed by atoms with Gasteiger partial charge in [-0.1, -0.05) is 54.1 Å². The van der Waals surface area contributed by atoms with Gasteiger partial charge in [0.2, 0.25) is 5.95 Å². The van der Waals surface area contributed by atoms with Crippen LogP contribution in [0, 0.1) is 10.1 Å². The molecule has 1 aromatic heterocycles. The Balaban J connectivity index is 1.48. The summed E-state index contributed by atoms with van der Waals surface area (Å²) < 4.78 is 6.94. The predicted octanol–water partition coefficient (Wildman–Crippen LogP) is 5.16. The number of fused-ring (bicyclic) bond motifs is 1. The Morgan fingerprint density at radius 2 is 1.89 bits per heavy atom. The first-order valence-corrected chi connectivity index (χ1v) is 11.2. The van der Waals surface area contributed by atoms with Crippen molar-refractivity contribution < 1.29 is 14.5 Å². The van der Waals surface area contributed by atoms with Crippen LogP contribution in [0.1, 0.15) is 27.5 Å². The minimum Gasteiger partial charge on any atom is -0.497 e. The number of nitro benzene ring substituents is 1.